The summed E-state index contributed by atoms with van der Waals surface area (Å²) in [6, 6.07) is 25.3. The van der Waals surface area contributed by atoms with Gasteiger partial charge in [0.05, 0.1) is 0 Å². The average molecular weight is 743 g/mol. The maximum absolute atomic E-state index is 14.3. The largest absolute Gasteiger partial charge is 0.647 e. The van der Waals surface area contributed by atoms with Crippen LogP contribution in [0.4, 0.5) is 0 Å². The molecule has 2 atom stereocenters. The van der Waals surface area contributed by atoms with E-state index in [2.05, 4.69) is 13.2 Å². The maximum Gasteiger partial charge on any atom is 0.647 e. The van der Waals surface area contributed by atoms with Crippen LogP contribution in [0.15, 0.2) is 132 Å². The van der Waals surface area contributed by atoms with Crippen molar-refractivity contribution >= 4 is 15.6 Å². The van der Waals surface area contributed by atoms with Gasteiger partial charge in [-0.1, -0.05) is 73.8 Å². The molecular formula is C42H48O8P2. The van der Waals surface area contributed by atoms with Gasteiger partial charge in [-0.05, 0) is 149 Å². The van der Waals surface area contributed by atoms with E-state index >= 15 is 0 Å². The van der Waals surface area contributed by atoms with Crippen molar-refractivity contribution in [1.29, 1.82) is 0 Å². The van der Waals surface area contributed by atoms with Crippen molar-refractivity contribution in [3.63, 3.8) is 0 Å². The van der Waals surface area contributed by atoms with Gasteiger partial charge in [-0.3, -0.25) is 0 Å². The molecule has 0 aliphatic carbocycles. The molecule has 0 aromatic heterocycles. The molecule has 0 aliphatic heterocycles. The molecular weight excluding hydrogens is 694 g/mol. The Balaban J connectivity index is 1.60. The molecule has 0 heterocycles. The van der Waals surface area contributed by atoms with E-state index in [0.717, 1.165) is 44.5 Å². The smallest absolute Gasteiger partial charge is 0.386 e. The number of hydrogen-bond acceptors (Lipinski definition) is 8. The van der Waals surface area contributed by atoms with Crippen molar-refractivity contribution in [2.24, 2.45) is 0 Å². The van der Waals surface area contributed by atoms with E-state index in [-0.39, 0.29) is 11.5 Å². The first kappa shape index (κ1) is 39.9. The summed E-state index contributed by atoms with van der Waals surface area (Å²) in [4.78, 5) is 0. The highest BCUT2D eigenvalue weighted by Gasteiger charge is 2.37. The number of phosphoric acid groups is 2. The Kier molecular flexibility index (Phi) is 12.8. The Bertz CT molecular complexity index is 1920. The van der Waals surface area contributed by atoms with E-state index in [1.807, 2.05) is 116 Å². The number of hydrogen-bond donors (Lipinski definition) is 0. The lowest BCUT2D eigenvalue weighted by Gasteiger charge is -2.23. The van der Waals surface area contributed by atoms with Gasteiger partial charge in [-0.15, -0.1) is 0 Å². The highest BCUT2D eigenvalue weighted by Crippen LogP contribution is 2.55. The Morgan fingerprint density at radius 3 is 1.00 bits per heavy atom. The van der Waals surface area contributed by atoms with E-state index in [0.29, 0.717) is 34.2 Å². The molecule has 0 fully saturated rings. The molecule has 10 heteroatoms. The molecule has 0 bridgehead atoms. The van der Waals surface area contributed by atoms with Crippen molar-refractivity contribution in [1.82, 2.24) is 0 Å². The van der Waals surface area contributed by atoms with Gasteiger partial charge >= 0.3 is 15.6 Å². The predicted molar refractivity (Wildman–Crippen MR) is 210 cm³/mol. The number of benzene rings is 4. The highest BCUT2D eigenvalue weighted by molar-refractivity contribution is 7.49. The number of phosphoric ester groups is 2. The number of aryl methyl sites for hydroxylation is 4. The molecule has 0 amide bonds. The molecule has 4 aromatic rings. The van der Waals surface area contributed by atoms with Crippen LogP contribution in [0.2, 0.25) is 0 Å². The Morgan fingerprint density at radius 2 is 0.750 bits per heavy atom. The third-order valence-electron chi connectivity index (χ3n) is 7.79. The lowest BCUT2D eigenvalue weighted by molar-refractivity contribution is 0.256. The van der Waals surface area contributed by atoms with E-state index in [1.165, 1.54) is 0 Å². The normalized spacial score (nSPS) is 13.0. The summed E-state index contributed by atoms with van der Waals surface area (Å²) >= 11 is 0. The van der Waals surface area contributed by atoms with Crippen molar-refractivity contribution in [2.75, 3.05) is 0 Å². The van der Waals surface area contributed by atoms with Crippen molar-refractivity contribution in [3.8, 4) is 34.1 Å². The topological polar surface area (TPSA) is 89.5 Å². The van der Waals surface area contributed by atoms with Crippen LogP contribution in [-0.2, 0) is 18.2 Å². The first-order valence-corrected chi connectivity index (χ1v) is 19.7. The number of para-hydroxylation sites is 2. The van der Waals surface area contributed by atoms with Crippen LogP contribution >= 0.6 is 15.6 Å². The molecule has 8 nitrogen and oxygen atoms in total. The molecule has 4 aromatic carbocycles. The first-order chi connectivity index (χ1) is 24.4. The van der Waals surface area contributed by atoms with Crippen LogP contribution in [0.25, 0.3) is 11.1 Å². The van der Waals surface area contributed by atoms with Gasteiger partial charge in [-0.2, -0.15) is 9.13 Å². The first-order valence-electron chi connectivity index (χ1n) is 16.8. The third-order valence-corrected chi connectivity index (χ3v) is 10.3. The van der Waals surface area contributed by atoms with Crippen LogP contribution in [-0.4, -0.2) is 0 Å². The maximum atomic E-state index is 14.3. The van der Waals surface area contributed by atoms with Crippen LogP contribution in [0.3, 0.4) is 0 Å². The molecule has 0 saturated heterocycles. The molecule has 0 spiro atoms. The summed E-state index contributed by atoms with van der Waals surface area (Å²) in [7, 11) is -8.49. The van der Waals surface area contributed by atoms with Crippen LogP contribution in [0, 0.1) is 27.7 Å². The van der Waals surface area contributed by atoms with E-state index in [9.17, 15) is 9.13 Å². The summed E-state index contributed by atoms with van der Waals surface area (Å²) < 4.78 is 64.5. The second kappa shape index (κ2) is 16.6. The molecule has 0 saturated carbocycles. The van der Waals surface area contributed by atoms with Gasteiger partial charge in [0.25, 0.3) is 0 Å². The fraction of sp³-hybridized carbons (Fsp3) is 0.238. The number of rotatable bonds is 15. The van der Waals surface area contributed by atoms with Crippen molar-refractivity contribution in [2.45, 2.75) is 69.2 Å². The monoisotopic (exact) mass is 742 g/mol. The summed E-state index contributed by atoms with van der Waals surface area (Å²) in [5, 5.41) is 0. The average Bonchev–Trinajstić information content (AvgIpc) is 3.06. The minimum absolute atomic E-state index is 0.280. The Labute approximate surface area is 308 Å². The quantitative estimate of drug-likeness (QED) is 0.0675. The van der Waals surface area contributed by atoms with Gasteiger partial charge < -0.3 is 27.1 Å². The van der Waals surface area contributed by atoms with Crippen LogP contribution < -0.4 is 18.1 Å². The second-order valence-electron chi connectivity index (χ2n) is 13.2. The molecule has 0 radical (unpaired) electrons. The zero-order valence-corrected chi connectivity index (χ0v) is 33.4. The van der Waals surface area contributed by atoms with E-state index < -0.39 is 15.6 Å². The zero-order chi connectivity index (χ0) is 38.4. The third kappa shape index (κ3) is 10.1. The van der Waals surface area contributed by atoms with Gasteiger partial charge in [0.15, 0.2) is 0 Å². The summed E-state index contributed by atoms with van der Waals surface area (Å²) in [6.07, 6.45) is 0. The molecule has 0 aliphatic rings. The predicted octanol–water partition coefficient (Wildman–Crippen LogP) is 13.5. The Hall–Kier alpha value is -4.90. The molecule has 0 N–H and O–H groups in total. The summed E-state index contributed by atoms with van der Waals surface area (Å²) in [5.74, 6) is 2.10. The van der Waals surface area contributed by atoms with E-state index in [4.69, 9.17) is 27.1 Å². The molecule has 4 rings (SSSR count). The highest BCUT2D eigenvalue weighted by atomic mass is 31.2. The molecule has 2 unspecified atom stereocenters. The molecule has 52 heavy (non-hydrogen) atoms. The van der Waals surface area contributed by atoms with Crippen LogP contribution in [0.1, 0.15) is 63.8 Å². The van der Waals surface area contributed by atoms with Gasteiger partial charge in [0.1, 0.15) is 34.5 Å². The van der Waals surface area contributed by atoms with E-state index in [1.54, 1.807) is 38.1 Å². The SMILES string of the molecule is C=C(C)C(OP(=O)(Oc1ccc(-c2ccc(OP(=O)(OC(C(=C)C)=C(C)C)Oc3c(C)cccc3C)cc2)cc1)Oc1c(C)cccc1C)=C(C)C. The summed E-state index contributed by atoms with van der Waals surface area (Å²) in [5.41, 5.74) is 7.54. The lowest BCUT2D eigenvalue weighted by Crippen LogP contribution is -2.08. The van der Waals surface area contributed by atoms with Gasteiger partial charge in [-0.25, -0.2) is 0 Å². The lowest BCUT2D eigenvalue weighted by atomic mass is 10.1. The second-order valence-corrected chi connectivity index (χ2v) is 16.0. The van der Waals surface area contributed by atoms with Gasteiger partial charge in [0.2, 0.25) is 0 Å². The standard InChI is InChI=1S/C42H48O8P2/c1-27(2)39(28(3)4)47-51(43,49-41-31(9)15-13-16-32(41)10)45-37-23-19-35(20-24-37)36-21-25-38(26-22-36)46-52(44,48-40(29(5)6)30(7)8)50-42-33(11)17-14-18-34(42)12/h13-26H,1,5H2,2-4,6-12H3. The fourth-order valence-corrected chi connectivity index (χ4v) is 8.44. The number of allylic oxidation sites excluding steroid dienone is 4. The summed E-state index contributed by atoms with van der Waals surface area (Å²) in [6.45, 7) is 26.3. The van der Waals surface area contributed by atoms with Crippen molar-refractivity contribution < 1.29 is 36.3 Å². The minimum Gasteiger partial charge on any atom is -0.386 e. The van der Waals surface area contributed by atoms with Crippen molar-refractivity contribution in [3.05, 3.63) is 154 Å². The van der Waals surface area contributed by atoms with Crippen LogP contribution in [0.5, 0.6) is 23.0 Å². The Morgan fingerprint density at radius 1 is 0.462 bits per heavy atom. The minimum atomic E-state index is -4.24. The zero-order valence-electron chi connectivity index (χ0n) is 31.7. The fourth-order valence-electron chi connectivity index (χ4n) is 5.31. The van der Waals surface area contributed by atoms with Gasteiger partial charge in [0, 0.05) is 0 Å². The molecule has 274 valence electrons.